The summed E-state index contributed by atoms with van der Waals surface area (Å²) in [7, 11) is -1.97. The van der Waals surface area contributed by atoms with E-state index in [0.717, 1.165) is 31.7 Å². The average molecular weight is 362 g/mol. The number of methoxy groups -OCH3 is 1. The normalized spacial score (nSPS) is 18.1. The lowest BCUT2D eigenvalue weighted by Crippen LogP contribution is -2.41. The highest BCUT2D eigenvalue weighted by Gasteiger charge is 2.23. The van der Waals surface area contributed by atoms with Gasteiger partial charge in [0.1, 0.15) is 11.6 Å². The molecule has 8 heteroatoms. The molecule has 0 radical (unpaired) electrons. The van der Waals surface area contributed by atoms with Gasteiger partial charge in [-0.05, 0) is 43.0 Å². The maximum Gasteiger partial charge on any atom is 0.240 e. The number of hydrogen-bond donors (Lipinski definition) is 1. The largest absolute Gasteiger partial charge is 0.497 e. The summed E-state index contributed by atoms with van der Waals surface area (Å²) < 4.78 is 32.7. The summed E-state index contributed by atoms with van der Waals surface area (Å²) in [4.78, 5) is 10.8. The molecule has 134 valence electrons. The smallest absolute Gasteiger partial charge is 0.240 e. The third-order valence-electron chi connectivity index (χ3n) is 4.32. The second kappa shape index (κ2) is 7.79. The first-order chi connectivity index (χ1) is 12.1. The molecule has 25 heavy (non-hydrogen) atoms. The maximum absolute atomic E-state index is 12.4. The number of rotatable bonds is 6. The van der Waals surface area contributed by atoms with Crippen LogP contribution in [0.1, 0.15) is 12.8 Å². The molecular weight excluding hydrogens is 340 g/mol. The first kappa shape index (κ1) is 17.6. The summed E-state index contributed by atoms with van der Waals surface area (Å²) in [6.45, 7) is 2.09. The molecule has 0 saturated carbocycles. The molecule has 2 heterocycles. The topological polar surface area (TPSA) is 84.4 Å². The second-order valence-electron chi connectivity index (χ2n) is 6.05. The zero-order valence-electron chi connectivity index (χ0n) is 14.1. The van der Waals surface area contributed by atoms with Gasteiger partial charge in [0, 0.05) is 32.0 Å². The molecule has 0 amide bonds. The molecule has 1 aliphatic heterocycles. The van der Waals surface area contributed by atoms with Gasteiger partial charge in [0.2, 0.25) is 10.0 Å². The van der Waals surface area contributed by atoms with Crippen molar-refractivity contribution < 1.29 is 13.2 Å². The van der Waals surface area contributed by atoms with Crippen LogP contribution in [0.25, 0.3) is 0 Å². The quantitative estimate of drug-likeness (QED) is 0.842. The Labute approximate surface area is 148 Å². The fourth-order valence-electron chi connectivity index (χ4n) is 2.96. The predicted octanol–water partition coefficient (Wildman–Crippen LogP) is 1.68. The molecule has 1 aromatic heterocycles. The molecule has 1 atom stereocenters. The monoisotopic (exact) mass is 362 g/mol. The molecule has 0 bridgehead atoms. The van der Waals surface area contributed by atoms with Crippen LogP contribution >= 0.6 is 0 Å². The van der Waals surface area contributed by atoms with E-state index in [-0.39, 0.29) is 10.8 Å². The van der Waals surface area contributed by atoms with Crippen molar-refractivity contribution in [3.8, 4) is 5.75 Å². The molecule has 1 fully saturated rings. The van der Waals surface area contributed by atoms with Crippen LogP contribution < -0.4 is 14.4 Å². The molecule has 7 nitrogen and oxygen atoms in total. The van der Waals surface area contributed by atoms with Gasteiger partial charge in [-0.3, -0.25) is 4.98 Å². The van der Waals surface area contributed by atoms with Gasteiger partial charge in [-0.1, -0.05) is 0 Å². The minimum absolute atomic E-state index is 0.240. The van der Waals surface area contributed by atoms with Crippen molar-refractivity contribution in [3.05, 3.63) is 42.9 Å². The van der Waals surface area contributed by atoms with Gasteiger partial charge in [0.25, 0.3) is 0 Å². The van der Waals surface area contributed by atoms with Crippen LogP contribution in [0.2, 0.25) is 0 Å². The molecule has 1 N–H and O–H groups in total. The summed E-state index contributed by atoms with van der Waals surface area (Å²) in [6, 6.07) is 6.39. The number of benzene rings is 1. The van der Waals surface area contributed by atoms with Gasteiger partial charge in [-0.2, -0.15) is 0 Å². The number of aromatic nitrogens is 2. The van der Waals surface area contributed by atoms with E-state index in [0.29, 0.717) is 12.3 Å². The SMILES string of the molecule is COc1ccc(S(=O)(=O)NC[C@@H]2CCCN(c3cnccn3)C2)cc1. The number of piperidine rings is 1. The Kier molecular flexibility index (Phi) is 5.50. The Hall–Kier alpha value is -2.19. The van der Waals surface area contributed by atoms with E-state index in [1.807, 2.05) is 0 Å². The first-order valence-electron chi connectivity index (χ1n) is 8.23. The molecule has 1 aromatic carbocycles. The van der Waals surface area contributed by atoms with E-state index in [4.69, 9.17) is 4.74 Å². The van der Waals surface area contributed by atoms with E-state index in [1.165, 1.54) is 0 Å². The van der Waals surface area contributed by atoms with Crippen LogP contribution in [0.15, 0.2) is 47.8 Å². The summed E-state index contributed by atoms with van der Waals surface area (Å²) in [5.74, 6) is 1.71. The van der Waals surface area contributed by atoms with Crippen LogP contribution in [0, 0.1) is 5.92 Å². The highest BCUT2D eigenvalue weighted by molar-refractivity contribution is 7.89. The van der Waals surface area contributed by atoms with E-state index in [2.05, 4.69) is 19.6 Å². The van der Waals surface area contributed by atoms with Gasteiger partial charge in [0.05, 0.1) is 18.2 Å². The Morgan fingerprint density at radius 2 is 2.08 bits per heavy atom. The minimum atomic E-state index is -3.52. The van der Waals surface area contributed by atoms with Crippen LogP contribution in [-0.2, 0) is 10.0 Å². The zero-order valence-corrected chi connectivity index (χ0v) is 14.9. The van der Waals surface area contributed by atoms with Gasteiger partial charge < -0.3 is 9.64 Å². The fraction of sp³-hybridized carbons (Fsp3) is 0.412. The molecular formula is C17H22N4O3S. The Morgan fingerprint density at radius 3 is 2.76 bits per heavy atom. The number of anilines is 1. The van der Waals surface area contributed by atoms with E-state index in [1.54, 1.807) is 50.0 Å². The molecule has 0 aliphatic carbocycles. The van der Waals surface area contributed by atoms with E-state index in [9.17, 15) is 8.42 Å². The number of nitrogens with zero attached hydrogens (tertiary/aromatic N) is 3. The van der Waals surface area contributed by atoms with E-state index >= 15 is 0 Å². The van der Waals surface area contributed by atoms with Crippen LogP contribution in [-0.4, -0.2) is 45.1 Å². The molecule has 0 unspecified atom stereocenters. The minimum Gasteiger partial charge on any atom is -0.497 e. The van der Waals surface area contributed by atoms with Crippen molar-refractivity contribution in [1.29, 1.82) is 0 Å². The van der Waals surface area contributed by atoms with Gasteiger partial charge in [-0.15, -0.1) is 0 Å². The molecule has 1 saturated heterocycles. The summed E-state index contributed by atoms with van der Waals surface area (Å²) in [5.41, 5.74) is 0. The summed E-state index contributed by atoms with van der Waals surface area (Å²) in [5, 5.41) is 0. The Balaban J connectivity index is 1.60. The number of sulfonamides is 1. The van der Waals surface area contributed by atoms with Crippen molar-refractivity contribution in [2.24, 2.45) is 5.92 Å². The van der Waals surface area contributed by atoms with Gasteiger partial charge >= 0.3 is 0 Å². The Bertz CT molecular complexity index is 781. The third kappa shape index (κ3) is 4.46. The van der Waals surface area contributed by atoms with Crippen molar-refractivity contribution in [2.75, 3.05) is 31.6 Å². The van der Waals surface area contributed by atoms with Crippen molar-refractivity contribution in [3.63, 3.8) is 0 Å². The van der Waals surface area contributed by atoms with Gasteiger partial charge in [0.15, 0.2) is 0 Å². The van der Waals surface area contributed by atoms with Crippen LogP contribution in [0.3, 0.4) is 0 Å². The summed E-state index contributed by atoms with van der Waals surface area (Å²) >= 11 is 0. The predicted molar refractivity (Wildman–Crippen MR) is 95.2 cm³/mol. The Morgan fingerprint density at radius 1 is 1.28 bits per heavy atom. The molecule has 3 rings (SSSR count). The molecule has 1 aliphatic rings. The number of hydrogen-bond acceptors (Lipinski definition) is 6. The number of nitrogens with one attached hydrogen (secondary N) is 1. The molecule has 2 aromatic rings. The summed E-state index contributed by atoms with van der Waals surface area (Å²) in [6.07, 6.45) is 7.05. The fourth-order valence-corrected chi connectivity index (χ4v) is 4.08. The lowest BCUT2D eigenvalue weighted by Gasteiger charge is -2.33. The first-order valence-corrected chi connectivity index (χ1v) is 9.71. The number of ether oxygens (including phenoxy) is 1. The average Bonchev–Trinajstić information content (AvgIpc) is 2.67. The maximum atomic E-state index is 12.4. The van der Waals surface area contributed by atoms with Crippen molar-refractivity contribution in [2.45, 2.75) is 17.7 Å². The third-order valence-corrected chi connectivity index (χ3v) is 5.76. The molecule has 0 spiro atoms. The lowest BCUT2D eigenvalue weighted by molar-refractivity contribution is 0.409. The highest BCUT2D eigenvalue weighted by Crippen LogP contribution is 2.21. The second-order valence-corrected chi connectivity index (χ2v) is 7.81. The van der Waals surface area contributed by atoms with Crippen LogP contribution in [0.5, 0.6) is 5.75 Å². The van der Waals surface area contributed by atoms with E-state index < -0.39 is 10.0 Å². The van der Waals surface area contributed by atoms with Crippen molar-refractivity contribution >= 4 is 15.8 Å². The van der Waals surface area contributed by atoms with Crippen molar-refractivity contribution in [1.82, 2.24) is 14.7 Å². The standard InChI is InChI=1S/C17H22N4O3S/c1-24-15-4-6-16(7-5-15)25(22,23)20-11-14-3-2-10-21(13-14)17-12-18-8-9-19-17/h4-9,12,14,20H,2-3,10-11,13H2,1H3/t14-/m0/s1. The zero-order chi connectivity index (χ0) is 17.7. The lowest BCUT2D eigenvalue weighted by atomic mass is 9.98. The highest BCUT2D eigenvalue weighted by atomic mass is 32.2. The van der Waals surface area contributed by atoms with Gasteiger partial charge in [-0.25, -0.2) is 18.1 Å². The van der Waals surface area contributed by atoms with Crippen LogP contribution in [0.4, 0.5) is 5.82 Å².